The molecule has 0 radical (unpaired) electrons. The lowest BCUT2D eigenvalue weighted by Gasteiger charge is -2.42. The van der Waals surface area contributed by atoms with Crippen LogP contribution in [0, 0.1) is 17.8 Å². The molecule has 4 unspecified atom stereocenters. The third-order valence-electron chi connectivity index (χ3n) is 8.15. The Hall–Kier alpha value is -3.78. The number of amides is 2. The summed E-state index contributed by atoms with van der Waals surface area (Å²) in [6, 6.07) is 14.2. The molecule has 7 nitrogen and oxygen atoms in total. The zero-order valence-corrected chi connectivity index (χ0v) is 22.1. The molecule has 2 aromatic rings. The van der Waals surface area contributed by atoms with Crippen molar-refractivity contribution in [3.63, 3.8) is 0 Å². The van der Waals surface area contributed by atoms with E-state index in [1.807, 2.05) is 36.4 Å². The molecule has 8 heteroatoms. The van der Waals surface area contributed by atoms with Crippen LogP contribution in [0.3, 0.4) is 0 Å². The summed E-state index contributed by atoms with van der Waals surface area (Å²) in [4.78, 5) is 55.1. The maximum Gasteiger partial charge on any atom is 0.234 e. The molecule has 4 aliphatic rings. The molecule has 0 spiro atoms. The highest BCUT2D eigenvalue weighted by Gasteiger charge is 2.56. The molecule has 38 heavy (non-hydrogen) atoms. The molecule has 0 bridgehead atoms. The molecule has 1 heterocycles. The van der Waals surface area contributed by atoms with E-state index in [4.69, 9.17) is 4.74 Å². The summed E-state index contributed by atoms with van der Waals surface area (Å²) in [5, 5.41) is 11.0. The van der Waals surface area contributed by atoms with Crippen molar-refractivity contribution in [2.75, 3.05) is 7.11 Å². The number of ketones is 2. The third-order valence-corrected chi connectivity index (χ3v) is 8.74. The number of phenolic OH excluding ortho intramolecular Hbond substituents is 1. The van der Waals surface area contributed by atoms with Gasteiger partial charge in [0.1, 0.15) is 11.5 Å². The fraction of sp³-hybridized carbons (Fsp3) is 0.267. The van der Waals surface area contributed by atoms with Crippen LogP contribution in [0.2, 0.25) is 0 Å². The summed E-state index contributed by atoms with van der Waals surface area (Å²) in [5.41, 5.74) is 2.75. The van der Waals surface area contributed by atoms with Crippen molar-refractivity contribution in [1.82, 2.24) is 4.90 Å². The normalized spacial score (nSPS) is 26.5. The highest BCUT2D eigenvalue weighted by molar-refractivity contribution is 9.12. The van der Waals surface area contributed by atoms with Gasteiger partial charge in [-0.05, 0) is 46.3 Å². The van der Waals surface area contributed by atoms with Crippen molar-refractivity contribution in [2.45, 2.75) is 25.3 Å². The first-order valence-corrected chi connectivity index (χ1v) is 13.2. The highest BCUT2D eigenvalue weighted by atomic mass is 79.9. The molecule has 2 aromatic carbocycles. The largest absolute Gasteiger partial charge is 0.507 e. The summed E-state index contributed by atoms with van der Waals surface area (Å²) in [6.07, 6.45) is 3.74. The number of benzene rings is 2. The Morgan fingerprint density at radius 2 is 1.79 bits per heavy atom. The lowest BCUT2D eigenvalue weighted by Crippen LogP contribution is -2.39. The number of allylic oxidation sites excluding steroid dienone is 6. The van der Waals surface area contributed by atoms with Crippen molar-refractivity contribution < 1.29 is 29.0 Å². The van der Waals surface area contributed by atoms with Crippen molar-refractivity contribution in [2.24, 2.45) is 17.8 Å². The summed E-state index contributed by atoms with van der Waals surface area (Å²) in [7, 11) is 1.49. The van der Waals surface area contributed by atoms with Gasteiger partial charge in [0, 0.05) is 34.8 Å². The number of Topliss-reactive ketones (excluding diaryl/α,β-unsaturated/α-hetero) is 1. The van der Waals surface area contributed by atoms with Crippen LogP contribution in [0.25, 0.3) is 0 Å². The maximum absolute atomic E-state index is 13.8. The minimum atomic E-state index is -0.713. The van der Waals surface area contributed by atoms with E-state index in [2.05, 4.69) is 15.9 Å². The average molecular weight is 574 g/mol. The van der Waals surface area contributed by atoms with E-state index < -0.39 is 23.7 Å². The van der Waals surface area contributed by atoms with E-state index in [0.29, 0.717) is 28.9 Å². The van der Waals surface area contributed by atoms with E-state index in [1.54, 1.807) is 12.1 Å². The number of likely N-dealkylation sites (tertiary alicyclic amines) is 1. The van der Waals surface area contributed by atoms with Gasteiger partial charge in [0.05, 0.1) is 30.0 Å². The number of hydrogen-bond acceptors (Lipinski definition) is 6. The minimum Gasteiger partial charge on any atom is -0.507 e. The quantitative estimate of drug-likeness (QED) is 0.331. The Balaban J connectivity index is 1.46. The predicted octanol–water partition coefficient (Wildman–Crippen LogP) is 4.36. The number of hydrogen-bond donors (Lipinski definition) is 1. The molecule has 2 amide bonds. The Morgan fingerprint density at radius 1 is 1.03 bits per heavy atom. The summed E-state index contributed by atoms with van der Waals surface area (Å²) < 4.78 is 5.40. The molecule has 192 valence electrons. The SMILES string of the molecule is COc1ccc(C2C3=CCC4C(=O)N(Cc5ccccc5)C(=O)C4C3CC3=C2C(=O)C=C(Br)C3=O)c(O)c1. The maximum atomic E-state index is 13.8. The van der Waals surface area contributed by atoms with E-state index in [1.165, 1.54) is 24.2 Å². The fourth-order valence-corrected chi connectivity index (χ4v) is 6.89. The first-order valence-electron chi connectivity index (χ1n) is 12.5. The van der Waals surface area contributed by atoms with Crippen LogP contribution < -0.4 is 4.74 Å². The summed E-state index contributed by atoms with van der Waals surface area (Å²) >= 11 is 3.22. The van der Waals surface area contributed by atoms with Gasteiger partial charge in [-0.3, -0.25) is 24.1 Å². The second-order valence-corrected chi connectivity index (χ2v) is 10.9. The third kappa shape index (κ3) is 3.69. The van der Waals surface area contributed by atoms with Crippen LogP contribution in [0.4, 0.5) is 0 Å². The van der Waals surface area contributed by atoms with Crippen LogP contribution >= 0.6 is 15.9 Å². The molecule has 6 rings (SSSR count). The monoisotopic (exact) mass is 573 g/mol. The van der Waals surface area contributed by atoms with E-state index in [0.717, 1.165) is 11.1 Å². The van der Waals surface area contributed by atoms with Crippen LogP contribution in [0.15, 0.2) is 81.9 Å². The minimum absolute atomic E-state index is 0.0710. The number of nitrogens with zero attached hydrogens (tertiary/aromatic N) is 1. The van der Waals surface area contributed by atoms with Gasteiger partial charge in [0.15, 0.2) is 11.6 Å². The van der Waals surface area contributed by atoms with E-state index >= 15 is 0 Å². The molecule has 0 saturated carbocycles. The van der Waals surface area contributed by atoms with Crippen molar-refractivity contribution in [3.05, 3.63) is 93.0 Å². The number of aromatic hydroxyl groups is 1. The van der Waals surface area contributed by atoms with Crippen LogP contribution in [-0.2, 0) is 25.7 Å². The van der Waals surface area contributed by atoms with Gasteiger partial charge in [0.2, 0.25) is 11.8 Å². The standard InChI is InChI=1S/C30H24BrNO6/c1-38-16-7-8-18(23(33)11-16)25-17-9-10-19-26(20(17)12-21-27(25)24(34)13-22(31)28(21)35)30(37)32(29(19)36)14-15-5-3-2-4-6-15/h2-9,11,13,19-20,25-26,33H,10,12,14H2,1H3. The number of imide groups is 1. The highest BCUT2D eigenvalue weighted by Crippen LogP contribution is 2.56. The second-order valence-electron chi connectivity index (χ2n) is 10.1. The first kappa shape index (κ1) is 24.6. The molecule has 1 fully saturated rings. The van der Waals surface area contributed by atoms with Crippen LogP contribution in [-0.4, -0.2) is 40.5 Å². The average Bonchev–Trinajstić information content (AvgIpc) is 3.16. The Bertz CT molecular complexity index is 1500. The number of rotatable bonds is 4. The molecule has 0 aromatic heterocycles. The number of fused-ring (bicyclic) bond motifs is 3. The van der Waals surface area contributed by atoms with E-state index in [-0.39, 0.29) is 46.6 Å². The number of methoxy groups -OCH3 is 1. The second kappa shape index (κ2) is 9.20. The summed E-state index contributed by atoms with van der Waals surface area (Å²) in [6.45, 7) is 0.190. The van der Waals surface area contributed by atoms with Gasteiger partial charge in [-0.15, -0.1) is 0 Å². The molecule has 3 aliphatic carbocycles. The Kier molecular flexibility index (Phi) is 5.94. The van der Waals surface area contributed by atoms with Gasteiger partial charge in [-0.1, -0.05) is 48.0 Å². The van der Waals surface area contributed by atoms with Crippen molar-refractivity contribution >= 4 is 39.3 Å². The van der Waals surface area contributed by atoms with Crippen LogP contribution in [0.5, 0.6) is 11.5 Å². The van der Waals surface area contributed by atoms with E-state index in [9.17, 15) is 24.3 Å². The summed E-state index contributed by atoms with van der Waals surface area (Å²) in [5.74, 6) is -3.05. The van der Waals surface area contributed by atoms with Gasteiger partial charge in [-0.25, -0.2) is 0 Å². The van der Waals surface area contributed by atoms with Gasteiger partial charge in [0.25, 0.3) is 0 Å². The molecular weight excluding hydrogens is 550 g/mol. The predicted molar refractivity (Wildman–Crippen MR) is 141 cm³/mol. The zero-order valence-electron chi connectivity index (χ0n) is 20.5. The number of ether oxygens (including phenoxy) is 1. The zero-order chi connectivity index (χ0) is 26.7. The molecular formula is C30H24BrNO6. The molecule has 1 saturated heterocycles. The Morgan fingerprint density at radius 3 is 2.50 bits per heavy atom. The fourth-order valence-electron chi connectivity index (χ4n) is 6.44. The topological polar surface area (TPSA) is 101 Å². The van der Waals surface area contributed by atoms with Crippen molar-refractivity contribution in [1.29, 1.82) is 0 Å². The number of phenols is 1. The lowest BCUT2D eigenvalue weighted by molar-refractivity contribution is -0.140. The van der Waals surface area contributed by atoms with Crippen molar-refractivity contribution in [3.8, 4) is 11.5 Å². The Labute approximate surface area is 227 Å². The molecule has 1 N–H and O–H groups in total. The molecule has 1 aliphatic heterocycles. The van der Waals surface area contributed by atoms with Gasteiger partial charge < -0.3 is 9.84 Å². The van der Waals surface area contributed by atoms with Gasteiger partial charge in [-0.2, -0.15) is 0 Å². The smallest absolute Gasteiger partial charge is 0.234 e. The number of carbonyl (C=O) groups is 4. The van der Waals surface area contributed by atoms with Gasteiger partial charge >= 0.3 is 0 Å². The number of carbonyl (C=O) groups excluding carboxylic acids is 4. The van der Waals surface area contributed by atoms with Crippen LogP contribution in [0.1, 0.15) is 29.9 Å². The lowest BCUT2D eigenvalue weighted by atomic mass is 9.59. The molecule has 4 atom stereocenters. The first-order chi connectivity index (χ1) is 18.3. The number of halogens is 1.